The van der Waals surface area contributed by atoms with Crippen molar-refractivity contribution in [2.75, 3.05) is 11.5 Å². The van der Waals surface area contributed by atoms with Crippen molar-refractivity contribution in [3.63, 3.8) is 0 Å². The number of fused-ring (bicyclic) bond motifs is 2. The van der Waals surface area contributed by atoms with Gasteiger partial charge in [-0.15, -0.1) is 0 Å². The van der Waals surface area contributed by atoms with Crippen LogP contribution in [0.25, 0.3) is 43.8 Å². The van der Waals surface area contributed by atoms with Crippen LogP contribution in [-0.2, 0) is 22.3 Å². The average Bonchev–Trinajstić information content (AvgIpc) is 3.06. The lowest BCUT2D eigenvalue weighted by atomic mass is 9.83. The fraction of sp³-hybridized carbons (Fsp3) is 0.273. The molecule has 0 atom stereocenters. The van der Waals surface area contributed by atoms with Gasteiger partial charge in [0.05, 0.1) is 0 Å². The SMILES string of the molecule is CC(C)(C)c1cc(CSCCSCc2cc(C(C)(C)C)cc(-c3cccc4ccccc34)c2O)c(O)c(-c2cccc3ccccc23)c1. The molecule has 2 nitrogen and oxygen atoms in total. The predicted molar refractivity (Wildman–Crippen MR) is 212 cm³/mol. The Labute approximate surface area is 294 Å². The summed E-state index contributed by atoms with van der Waals surface area (Å²) in [6.07, 6.45) is 0. The molecule has 0 saturated heterocycles. The summed E-state index contributed by atoms with van der Waals surface area (Å²) in [5.41, 5.74) is 8.27. The van der Waals surface area contributed by atoms with Crippen LogP contribution in [-0.4, -0.2) is 21.7 Å². The van der Waals surface area contributed by atoms with Crippen LogP contribution >= 0.6 is 23.5 Å². The van der Waals surface area contributed by atoms with Crippen molar-refractivity contribution in [1.29, 1.82) is 0 Å². The second-order valence-electron chi connectivity index (χ2n) is 14.7. The van der Waals surface area contributed by atoms with Crippen molar-refractivity contribution in [2.45, 2.75) is 63.9 Å². The Bertz CT molecular complexity index is 1920. The zero-order valence-corrected chi connectivity index (χ0v) is 30.6. The van der Waals surface area contributed by atoms with Gasteiger partial charge in [0.1, 0.15) is 11.5 Å². The van der Waals surface area contributed by atoms with Gasteiger partial charge in [0, 0.05) is 45.3 Å². The van der Waals surface area contributed by atoms with Gasteiger partial charge >= 0.3 is 0 Å². The molecule has 0 unspecified atom stereocenters. The molecule has 4 heteroatoms. The minimum absolute atomic E-state index is 0.0449. The highest BCUT2D eigenvalue weighted by molar-refractivity contribution is 8.02. The Kier molecular flexibility index (Phi) is 9.88. The van der Waals surface area contributed by atoms with Crippen molar-refractivity contribution in [3.8, 4) is 33.8 Å². The summed E-state index contributed by atoms with van der Waals surface area (Å²) >= 11 is 3.70. The first kappa shape index (κ1) is 34.0. The molecule has 0 aliphatic rings. The third-order valence-corrected chi connectivity index (χ3v) is 11.4. The smallest absolute Gasteiger partial charge is 0.127 e. The van der Waals surface area contributed by atoms with E-state index in [1.807, 2.05) is 23.5 Å². The van der Waals surface area contributed by atoms with Crippen LogP contribution in [0.4, 0.5) is 0 Å². The second kappa shape index (κ2) is 13.9. The maximum atomic E-state index is 11.6. The molecular formula is C44H46O2S2. The molecule has 0 spiro atoms. The van der Waals surface area contributed by atoms with Crippen molar-refractivity contribution in [3.05, 3.63) is 131 Å². The third kappa shape index (κ3) is 7.26. The highest BCUT2D eigenvalue weighted by Gasteiger charge is 2.22. The average molecular weight is 671 g/mol. The zero-order valence-electron chi connectivity index (χ0n) is 28.9. The van der Waals surface area contributed by atoms with E-state index >= 15 is 0 Å². The number of benzene rings is 6. The Morgan fingerprint density at radius 3 is 1.23 bits per heavy atom. The van der Waals surface area contributed by atoms with Crippen molar-refractivity contribution in [2.24, 2.45) is 0 Å². The minimum Gasteiger partial charge on any atom is -0.507 e. The molecule has 0 amide bonds. The van der Waals surface area contributed by atoms with Crippen LogP contribution in [0.5, 0.6) is 11.5 Å². The summed E-state index contributed by atoms with van der Waals surface area (Å²) in [5, 5.41) is 27.9. The molecule has 0 aliphatic heterocycles. The zero-order chi connectivity index (χ0) is 34.1. The van der Waals surface area contributed by atoms with E-state index in [2.05, 4.69) is 151 Å². The van der Waals surface area contributed by atoms with E-state index in [1.165, 1.54) is 21.9 Å². The van der Waals surface area contributed by atoms with Gasteiger partial charge in [-0.25, -0.2) is 0 Å². The monoisotopic (exact) mass is 670 g/mol. The summed E-state index contributed by atoms with van der Waals surface area (Å²) in [6.45, 7) is 13.4. The Morgan fingerprint density at radius 2 is 0.833 bits per heavy atom. The van der Waals surface area contributed by atoms with Gasteiger partial charge in [0.25, 0.3) is 0 Å². The van der Waals surface area contributed by atoms with Crippen molar-refractivity contribution in [1.82, 2.24) is 0 Å². The molecule has 6 rings (SSSR count). The summed E-state index contributed by atoms with van der Waals surface area (Å²) < 4.78 is 0. The number of phenolic OH excluding ortho intramolecular Hbond substituents is 2. The van der Waals surface area contributed by atoms with Crippen LogP contribution in [0.15, 0.2) is 109 Å². The summed E-state index contributed by atoms with van der Waals surface area (Å²) in [4.78, 5) is 0. The molecule has 0 fully saturated rings. The lowest BCUT2D eigenvalue weighted by molar-refractivity contribution is 0.471. The molecule has 0 radical (unpaired) electrons. The van der Waals surface area contributed by atoms with E-state index < -0.39 is 0 Å². The number of hydrogen-bond acceptors (Lipinski definition) is 4. The van der Waals surface area contributed by atoms with Gasteiger partial charge in [0.15, 0.2) is 0 Å². The topological polar surface area (TPSA) is 40.5 Å². The standard InChI is InChI=1S/C44H46O2S2/c1-43(2,3)33-23-31(41(45)39(25-33)37-19-11-15-29-13-7-9-17-35(29)37)27-47-21-22-48-28-32-24-34(44(4,5)6)26-40(42(32)46)38-20-12-16-30-14-8-10-18-36(30)38/h7-20,23-26,45-46H,21-22,27-28H2,1-6H3. The number of phenols is 2. The van der Waals surface area contributed by atoms with Crippen LogP contribution in [0.3, 0.4) is 0 Å². The number of thioether (sulfide) groups is 2. The van der Waals surface area contributed by atoms with Crippen LogP contribution in [0.2, 0.25) is 0 Å². The Balaban J connectivity index is 1.19. The summed E-state index contributed by atoms with van der Waals surface area (Å²) in [6, 6.07) is 38.1. The normalized spacial score (nSPS) is 12.2. The summed E-state index contributed by atoms with van der Waals surface area (Å²) in [7, 11) is 0. The minimum atomic E-state index is -0.0449. The Hall–Kier alpha value is -3.86. The highest BCUT2D eigenvalue weighted by atomic mass is 32.2. The maximum Gasteiger partial charge on any atom is 0.127 e. The molecule has 0 saturated carbocycles. The molecule has 2 N–H and O–H groups in total. The molecule has 0 bridgehead atoms. The number of aromatic hydroxyl groups is 2. The Morgan fingerprint density at radius 1 is 0.458 bits per heavy atom. The molecule has 48 heavy (non-hydrogen) atoms. The number of hydrogen-bond donors (Lipinski definition) is 2. The largest absolute Gasteiger partial charge is 0.507 e. The lowest BCUT2D eigenvalue weighted by Crippen LogP contribution is -2.12. The van der Waals surface area contributed by atoms with E-state index in [0.29, 0.717) is 11.5 Å². The van der Waals surface area contributed by atoms with Crippen LogP contribution in [0.1, 0.15) is 63.8 Å². The van der Waals surface area contributed by atoms with Crippen LogP contribution < -0.4 is 0 Å². The van der Waals surface area contributed by atoms with Crippen molar-refractivity contribution >= 4 is 45.1 Å². The number of rotatable bonds is 9. The molecule has 6 aromatic rings. The van der Waals surface area contributed by atoms with E-state index in [9.17, 15) is 10.2 Å². The van der Waals surface area contributed by atoms with Crippen LogP contribution in [0, 0.1) is 0 Å². The predicted octanol–water partition coefficient (Wildman–Crippen LogP) is 12.5. The van der Waals surface area contributed by atoms with E-state index in [4.69, 9.17) is 0 Å². The lowest BCUT2D eigenvalue weighted by Gasteiger charge is -2.23. The van der Waals surface area contributed by atoms with Gasteiger partial charge in [-0.1, -0.05) is 139 Å². The molecule has 0 heterocycles. The fourth-order valence-corrected chi connectivity index (χ4v) is 8.40. The quantitative estimate of drug-likeness (QED) is 0.150. The fourth-order valence-electron chi connectivity index (χ4n) is 6.29. The third-order valence-electron chi connectivity index (χ3n) is 9.16. The highest BCUT2D eigenvalue weighted by Crippen LogP contribution is 2.43. The van der Waals surface area contributed by atoms with Gasteiger partial charge in [-0.2, -0.15) is 23.5 Å². The molecule has 0 aromatic heterocycles. The van der Waals surface area contributed by atoms with Gasteiger partial charge in [-0.3, -0.25) is 0 Å². The second-order valence-corrected chi connectivity index (χ2v) is 16.9. The maximum absolute atomic E-state index is 11.6. The molecular weight excluding hydrogens is 625 g/mol. The molecule has 246 valence electrons. The first-order chi connectivity index (χ1) is 22.9. The first-order valence-corrected chi connectivity index (χ1v) is 19.1. The van der Waals surface area contributed by atoms with Gasteiger partial charge in [-0.05, 0) is 66.8 Å². The van der Waals surface area contributed by atoms with E-state index in [-0.39, 0.29) is 10.8 Å². The van der Waals surface area contributed by atoms with E-state index in [0.717, 1.165) is 67.2 Å². The van der Waals surface area contributed by atoms with E-state index in [1.54, 1.807) is 0 Å². The first-order valence-electron chi connectivity index (χ1n) is 16.8. The van der Waals surface area contributed by atoms with Crippen molar-refractivity contribution < 1.29 is 10.2 Å². The molecule has 0 aliphatic carbocycles. The van der Waals surface area contributed by atoms with Gasteiger partial charge in [0.2, 0.25) is 0 Å². The van der Waals surface area contributed by atoms with Gasteiger partial charge < -0.3 is 10.2 Å². The summed E-state index contributed by atoms with van der Waals surface area (Å²) in [5.74, 6) is 4.13. The molecule has 6 aromatic carbocycles.